The molecule has 184 valence electrons. The number of hydrogen-bond donors (Lipinski definition) is 0. The lowest BCUT2D eigenvalue weighted by molar-refractivity contribution is -0.129. The van der Waals surface area contributed by atoms with E-state index in [-0.39, 0.29) is 17.9 Å². The molecule has 0 radical (unpaired) electrons. The van der Waals surface area contributed by atoms with Crippen molar-refractivity contribution in [3.05, 3.63) is 71.0 Å². The minimum Gasteiger partial charge on any atom is -0.381 e. The summed E-state index contributed by atoms with van der Waals surface area (Å²) in [5.41, 5.74) is 1.59. The Labute approximate surface area is 201 Å². The topological polar surface area (TPSA) is 66.9 Å². The van der Waals surface area contributed by atoms with E-state index in [1.807, 2.05) is 36.4 Å². The van der Waals surface area contributed by atoms with Crippen LogP contribution in [0, 0.1) is 5.82 Å². The summed E-state index contributed by atoms with van der Waals surface area (Å²) in [5.74, 6) is -0.447. The molecule has 8 heteroatoms. The molecule has 0 aromatic heterocycles. The fourth-order valence-corrected chi connectivity index (χ4v) is 7.17. The number of hydrogen-bond acceptors (Lipinski definition) is 4. The van der Waals surface area contributed by atoms with Crippen molar-refractivity contribution >= 4 is 15.9 Å². The van der Waals surface area contributed by atoms with Gasteiger partial charge in [0.05, 0.1) is 0 Å². The van der Waals surface area contributed by atoms with Crippen LogP contribution in [0.3, 0.4) is 0 Å². The van der Waals surface area contributed by atoms with Crippen molar-refractivity contribution in [1.82, 2.24) is 9.21 Å². The molecular formula is C26H33FN2O4S. The van der Waals surface area contributed by atoms with Gasteiger partial charge in [-0.15, -0.1) is 0 Å². The molecule has 4 rings (SSSR count). The number of nitrogens with zero attached hydrogens (tertiary/aromatic N) is 2. The summed E-state index contributed by atoms with van der Waals surface area (Å²) in [6, 6.07) is 14.4. The number of amides is 1. The second-order valence-electron chi connectivity index (χ2n) is 9.49. The first-order valence-electron chi connectivity index (χ1n) is 11.9. The Morgan fingerprint density at radius 3 is 2.53 bits per heavy atom. The number of rotatable bonds is 6. The van der Waals surface area contributed by atoms with Crippen molar-refractivity contribution in [2.75, 3.05) is 33.4 Å². The third-order valence-corrected chi connectivity index (χ3v) is 9.56. The molecule has 0 N–H and O–H groups in total. The molecule has 0 bridgehead atoms. The first-order chi connectivity index (χ1) is 16.2. The summed E-state index contributed by atoms with van der Waals surface area (Å²) >= 11 is 0. The molecule has 6 nitrogen and oxygen atoms in total. The highest BCUT2D eigenvalue weighted by Gasteiger charge is 2.39. The quantitative estimate of drug-likeness (QED) is 0.616. The molecule has 2 aliphatic rings. The lowest BCUT2D eigenvalue weighted by atomic mass is 9.73. The number of ether oxygens (including phenoxy) is 1. The van der Waals surface area contributed by atoms with Crippen LogP contribution in [0.4, 0.5) is 4.39 Å². The molecule has 1 atom stereocenters. The Bertz CT molecular complexity index is 1120. The summed E-state index contributed by atoms with van der Waals surface area (Å²) < 4.78 is 49.0. The van der Waals surface area contributed by atoms with Crippen LogP contribution >= 0.6 is 0 Å². The smallest absolute Gasteiger partial charge is 0.221 e. The molecule has 34 heavy (non-hydrogen) atoms. The van der Waals surface area contributed by atoms with Crippen LogP contribution in [0.5, 0.6) is 0 Å². The predicted octanol–water partition coefficient (Wildman–Crippen LogP) is 4.02. The van der Waals surface area contributed by atoms with Crippen LogP contribution in [0.15, 0.2) is 48.5 Å². The van der Waals surface area contributed by atoms with Crippen molar-refractivity contribution in [1.29, 1.82) is 0 Å². The van der Waals surface area contributed by atoms with E-state index in [2.05, 4.69) is 0 Å². The van der Waals surface area contributed by atoms with Gasteiger partial charge in [0, 0.05) is 57.8 Å². The molecule has 2 aromatic carbocycles. The standard InChI is InChI=1S/C26H33FN2O4S/c1-20(30)28(2)19-26(12-15-33-16-13-26)23-11-10-22(24(27)17-23)18-29-14-6-9-25(34(29,31)32)21-7-4-3-5-8-21/h3-5,7-8,10-11,17,25H,6,9,12-16,18-19H2,1-2H3/t25-/m1/s1. The van der Waals surface area contributed by atoms with Gasteiger partial charge >= 0.3 is 0 Å². The van der Waals surface area contributed by atoms with E-state index in [4.69, 9.17) is 4.74 Å². The van der Waals surface area contributed by atoms with Crippen LogP contribution in [0.25, 0.3) is 0 Å². The third kappa shape index (κ3) is 5.04. The first-order valence-corrected chi connectivity index (χ1v) is 13.4. The van der Waals surface area contributed by atoms with E-state index in [9.17, 15) is 13.2 Å². The van der Waals surface area contributed by atoms with Gasteiger partial charge in [0.15, 0.2) is 0 Å². The van der Waals surface area contributed by atoms with Crippen molar-refractivity contribution in [2.24, 2.45) is 0 Å². The van der Waals surface area contributed by atoms with Crippen LogP contribution in [0.1, 0.15) is 54.5 Å². The van der Waals surface area contributed by atoms with Crippen molar-refractivity contribution in [3.8, 4) is 0 Å². The Hall–Kier alpha value is -2.29. The second-order valence-corrected chi connectivity index (χ2v) is 11.6. The Morgan fingerprint density at radius 1 is 1.18 bits per heavy atom. The monoisotopic (exact) mass is 488 g/mol. The maximum Gasteiger partial charge on any atom is 0.221 e. The SMILES string of the molecule is CC(=O)N(C)CC1(c2ccc(CN3CCC[C@H](c4ccccc4)S3(=O)=O)c(F)c2)CCOCC1. The van der Waals surface area contributed by atoms with E-state index in [1.54, 1.807) is 18.0 Å². The van der Waals surface area contributed by atoms with Gasteiger partial charge in [-0.3, -0.25) is 4.79 Å². The zero-order valence-electron chi connectivity index (χ0n) is 19.9. The third-order valence-electron chi connectivity index (χ3n) is 7.30. The van der Waals surface area contributed by atoms with E-state index < -0.39 is 21.1 Å². The van der Waals surface area contributed by atoms with E-state index in [1.165, 1.54) is 17.3 Å². The maximum atomic E-state index is 15.4. The molecule has 1 amide bonds. The molecule has 2 saturated heterocycles. The van der Waals surface area contributed by atoms with Gasteiger partial charge in [-0.05, 0) is 42.9 Å². The number of carbonyl (C=O) groups is 1. The highest BCUT2D eigenvalue weighted by atomic mass is 32.2. The Kier molecular flexibility index (Phi) is 7.40. The average molecular weight is 489 g/mol. The molecule has 0 spiro atoms. The lowest BCUT2D eigenvalue weighted by Gasteiger charge is -2.40. The van der Waals surface area contributed by atoms with Crippen molar-refractivity contribution in [2.45, 2.75) is 49.8 Å². The average Bonchev–Trinajstić information content (AvgIpc) is 2.82. The number of sulfonamides is 1. The molecule has 0 aliphatic carbocycles. The maximum absolute atomic E-state index is 15.4. The van der Waals surface area contributed by atoms with Gasteiger partial charge in [-0.2, -0.15) is 4.31 Å². The molecule has 0 unspecified atom stereocenters. The number of benzene rings is 2. The van der Waals surface area contributed by atoms with E-state index >= 15 is 4.39 Å². The second kappa shape index (κ2) is 10.1. The van der Waals surface area contributed by atoms with Crippen LogP contribution in [0.2, 0.25) is 0 Å². The highest BCUT2D eigenvalue weighted by molar-refractivity contribution is 7.89. The van der Waals surface area contributed by atoms with Crippen LogP contribution in [-0.2, 0) is 31.5 Å². The summed E-state index contributed by atoms with van der Waals surface area (Å²) in [5, 5.41) is -0.600. The minimum absolute atomic E-state index is 0.0151. The predicted molar refractivity (Wildman–Crippen MR) is 129 cm³/mol. The number of halogens is 1. The number of likely N-dealkylation sites (N-methyl/N-ethyl adjacent to an activating group) is 1. The molecule has 2 aliphatic heterocycles. The Balaban J connectivity index is 1.57. The molecule has 0 saturated carbocycles. The minimum atomic E-state index is -3.59. The zero-order valence-corrected chi connectivity index (χ0v) is 20.7. The van der Waals surface area contributed by atoms with Crippen LogP contribution in [-0.4, -0.2) is 56.9 Å². The van der Waals surface area contributed by atoms with Gasteiger partial charge in [0.1, 0.15) is 11.1 Å². The fraction of sp³-hybridized carbons (Fsp3) is 0.500. The first kappa shape index (κ1) is 24.8. The summed E-state index contributed by atoms with van der Waals surface area (Å²) in [7, 11) is -1.84. The fourth-order valence-electron chi connectivity index (χ4n) is 5.15. The van der Waals surface area contributed by atoms with Gasteiger partial charge in [-0.25, -0.2) is 12.8 Å². The van der Waals surface area contributed by atoms with Gasteiger partial charge in [0.2, 0.25) is 15.9 Å². The van der Waals surface area contributed by atoms with Crippen molar-refractivity contribution in [3.63, 3.8) is 0 Å². The molecular weight excluding hydrogens is 455 g/mol. The Morgan fingerprint density at radius 2 is 1.88 bits per heavy atom. The van der Waals surface area contributed by atoms with E-state index in [0.29, 0.717) is 51.1 Å². The summed E-state index contributed by atoms with van der Waals surface area (Å²) in [6.07, 6.45) is 2.70. The highest BCUT2D eigenvalue weighted by Crippen LogP contribution is 2.38. The molecule has 2 fully saturated rings. The van der Waals surface area contributed by atoms with Crippen molar-refractivity contribution < 1.29 is 22.3 Å². The molecule has 2 aromatic rings. The normalized spacial score (nSPS) is 22.3. The lowest BCUT2D eigenvalue weighted by Crippen LogP contribution is -2.45. The van der Waals surface area contributed by atoms with Gasteiger partial charge in [0.25, 0.3) is 0 Å². The zero-order chi connectivity index (χ0) is 24.3. The van der Waals surface area contributed by atoms with E-state index in [0.717, 1.165) is 17.5 Å². The summed E-state index contributed by atoms with van der Waals surface area (Å²) in [4.78, 5) is 13.5. The molecule has 2 heterocycles. The van der Waals surface area contributed by atoms with Gasteiger partial charge in [-0.1, -0.05) is 42.5 Å². The number of carbonyl (C=O) groups excluding carboxylic acids is 1. The van der Waals surface area contributed by atoms with Crippen LogP contribution < -0.4 is 0 Å². The summed E-state index contributed by atoms with van der Waals surface area (Å²) in [6.45, 7) is 3.53. The largest absolute Gasteiger partial charge is 0.381 e. The van der Waals surface area contributed by atoms with Gasteiger partial charge < -0.3 is 9.64 Å².